The number of nitrogens with zero attached hydrogens (tertiary/aromatic N) is 1. The van der Waals surface area contributed by atoms with Gasteiger partial charge in [-0.25, -0.2) is 12.7 Å². The Morgan fingerprint density at radius 2 is 1.76 bits per heavy atom. The fraction of sp³-hybridized carbons (Fsp3) is 0.923. The molecule has 1 unspecified atom stereocenters. The third-order valence-corrected chi connectivity index (χ3v) is 6.88. The topological polar surface area (TPSA) is 78.5 Å². The van der Waals surface area contributed by atoms with Gasteiger partial charge >= 0.3 is 0 Å². The molecule has 0 radical (unpaired) electrons. The first kappa shape index (κ1) is 17.0. The lowest BCUT2D eigenvalue weighted by molar-refractivity contribution is -0.123. The zero-order valence-corrected chi connectivity index (χ0v) is 13.7. The summed E-state index contributed by atoms with van der Waals surface area (Å²) >= 11 is 0. The molecule has 2 aliphatic heterocycles. The quantitative estimate of drug-likeness (QED) is 0.770. The molecule has 0 spiro atoms. The number of hydrogen-bond acceptors (Lipinski definition) is 4. The van der Waals surface area contributed by atoms with Gasteiger partial charge in [-0.3, -0.25) is 4.79 Å². The maximum Gasteiger partial charge on any atom is 0.237 e. The van der Waals surface area contributed by atoms with Gasteiger partial charge in [0, 0.05) is 19.1 Å². The molecule has 3 rings (SSSR count). The highest BCUT2D eigenvalue weighted by Gasteiger charge is 2.41. The molecule has 0 aromatic carbocycles. The summed E-state index contributed by atoms with van der Waals surface area (Å²) in [6.45, 7) is 2.00. The molecule has 21 heavy (non-hydrogen) atoms. The maximum absolute atomic E-state index is 12.1. The van der Waals surface area contributed by atoms with E-state index in [0.29, 0.717) is 13.1 Å². The largest absolute Gasteiger partial charge is 0.352 e. The molecule has 3 fully saturated rings. The van der Waals surface area contributed by atoms with Gasteiger partial charge in [0.1, 0.15) is 0 Å². The fourth-order valence-electron chi connectivity index (χ4n) is 3.04. The molecule has 1 saturated carbocycles. The monoisotopic (exact) mass is 337 g/mol. The third-order valence-electron chi connectivity index (χ3n) is 4.48. The summed E-state index contributed by atoms with van der Waals surface area (Å²) in [6.07, 6.45) is 5.03. The van der Waals surface area contributed by atoms with Crippen molar-refractivity contribution in [1.82, 2.24) is 14.9 Å². The van der Waals surface area contributed by atoms with E-state index in [9.17, 15) is 13.2 Å². The molecule has 2 saturated heterocycles. The molecule has 6 nitrogen and oxygen atoms in total. The Morgan fingerprint density at radius 1 is 1.10 bits per heavy atom. The Balaban J connectivity index is 0.00000161. The van der Waals surface area contributed by atoms with Crippen molar-refractivity contribution in [3.63, 3.8) is 0 Å². The molecule has 2 N–H and O–H groups in total. The molecule has 122 valence electrons. The van der Waals surface area contributed by atoms with E-state index in [0.717, 1.165) is 45.1 Å². The van der Waals surface area contributed by atoms with E-state index in [1.54, 1.807) is 4.31 Å². The van der Waals surface area contributed by atoms with E-state index in [-0.39, 0.29) is 35.6 Å². The molecule has 3 aliphatic rings. The van der Waals surface area contributed by atoms with Gasteiger partial charge in [-0.2, -0.15) is 0 Å². The van der Waals surface area contributed by atoms with Crippen LogP contribution in [0.15, 0.2) is 0 Å². The number of halogens is 1. The van der Waals surface area contributed by atoms with Crippen molar-refractivity contribution in [2.24, 2.45) is 0 Å². The smallest absolute Gasteiger partial charge is 0.237 e. The van der Waals surface area contributed by atoms with Crippen molar-refractivity contribution < 1.29 is 13.2 Å². The van der Waals surface area contributed by atoms with Crippen LogP contribution in [0.25, 0.3) is 0 Å². The summed E-state index contributed by atoms with van der Waals surface area (Å²) in [6, 6.07) is 0.0683. The Kier molecular flexibility index (Phi) is 5.51. The van der Waals surface area contributed by atoms with E-state index >= 15 is 0 Å². The van der Waals surface area contributed by atoms with Gasteiger partial charge in [0.15, 0.2) is 0 Å². The Labute approximate surface area is 132 Å². The fourth-order valence-corrected chi connectivity index (χ4v) is 4.91. The lowest BCUT2D eigenvalue weighted by Crippen LogP contribution is -2.50. The molecule has 0 aromatic heterocycles. The number of piperidine rings is 1. The van der Waals surface area contributed by atoms with E-state index in [2.05, 4.69) is 10.6 Å². The maximum atomic E-state index is 12.1. The average Bonchev–Trinajstić information content (AvgIpc) is 3.16. The van der Waals surface area contributed by atoms with Crippen LogP contribution in [0.1, 0.15) is 38.5 Å². The van der Waals surface area contributed by atoms with Crippen LogP contribution < -0.4 is 10.6 Å². The summed E-state index contributed by atoms with van der Waals surface area (Å²) in [5.41, 5.74) is 0. The van der Waals surface area contributed by atoms with Crippen LogP contribution in [-0.2, 0) is 14.8 Å². The standard InChI is InChI=1S/C13H23N3O3S.ClH/c17-13(12-2-1-7-14-12)15-10-5-8-16(9-6-10)20(18,19)11-3-4-11;/h10-12,14H,1-9H2,(H,15,17);1H. The molecule has 1 aliphatic carbocycles. The Bertz CT molecular complexity index is 467. The molecular weight excluding hydrogens is 314 g/mol. The van der Waals surface area contributed by atoms with E-state index in [1.807, 2.05) is 0 Å². The second-order valence-corrected chi connectivity index (χ2v) is 8.29. The highest BCUT2D eigenvalue weighted by Crippen LogP contribution is 2.32. The number of nitrogens with one attached hydrogen (secondary N) is 2. The molecular formula is C13H24ClN3O3S. The van der Waals surface area contributed by atoms with Crippen LogP contribution in [0.2, 0.25) is 0 Å². The molecule has 1 atom stereocenters. The van der Waals surface area contributed by atoms with Crippen molar-refractivity contribution in [2.75, 3.05) is 19.6 Å². The van der Waals surface area contributed by atoms with E-state index in [1.165, 1.54) is 0 Å². The van der Waals surface area contributed by atoms with Crippen molar-refractivity contribution in [1.29, 1.82) is 0 Å². The minimum Gasteiger partial charge on any atom is -0.352 e. The summed E-state index contributed by atoms with van der Waals surface area (Å²) < 4.78 is 25.8. The van der Waals surface area contributed by atoms with Gasteiger partial charge in [-0.05, 0) is 45.1 Å². The molecule has 0 bridgehead atoms. The third kappa shape index (κ3) is 3.88. The summed E-state index contributed by atoms with van der Waals surface area (Å²) in [7, 11) is -3.05. The van der Waals surface area contributed by atoms with Gasteiger partial charge in [-0.1, -0.05) is 0 Å². The highest BCUT2D eigenvalue weighted by molar-refractivity contribution is 7.90. The normalized spacial score (nSPS) is 28.1. The highest BCUT2D eigenvalue weighted by atomic mass is 35.5. The first-order chi connectivity index (χ1) is 9.57. The van der Waals surface area contributed by atoms with Crippen LogP contribution in [0, 0.1) is 0 Å². The van der Waals surface area contributed by atoms with E-state index in [4.69, 9.17) is 0 Å². The first-order valence-corrected chi connectivity index (χ1v) is 9.10. The van der Waals surface area contributed by atoms with Crippen molar-refractivity contribution in [3.8, 4) is 0 Å². The Morgan fingerprint density at radius 3 is 2.29 bits per heavy atom. The zero-order valence-electron chi connectivity index (χ0n) is 12.1. The second kappa shape index (κ2) is 6.81. The predicted octanol–water partition coefficient (Wildman–Crippen LogP) is 0.233. The summed E-state index contributed by atoms with van der Waals surface area (Å²) in [4.78, 5) is 12.0. The SMILES string of the molecule is Cl.O=C(NC1CCN(S(=O)(=O)C2CC2)CC1)C1CCCN1. The van der Waals surface area contributed by atoms with Crippen LogP contribution in [0.5, 0.6) is 0 Å². The zero-order chi connectivity index (χ0) is 14.2. The molecule has 2 heterocycles. The van der Waals surface area contributed by atoms with Crippen LogP contribution in [0.4, 0.5) is 0 Å². The minimum absolute atomic E-state index is 0. The lowest BCUT2D eigenvalue weighted by Gasteiger charge is -2.32. The number of sulfonamides is 1. The van der Waals surface area contributed by atoms with Gasteiger partial charge in [0.25, 0.3) is 0 Å². The number of carbonyl (C=O) groups excluding carboxylic acids is 1. The Hall–Kier alpha value is -0.370. The molecule has 1 amide bonds. The van der Waals surface area contributed by atoms with Crippen molar-refractivity contribution >= 4 is 28.3 Å². The minimum atomic E-state index is -3.05. The lowest BCUT2D eigenvalue weighted by atomic mass is 10.1. The van der Waals surface area contributed by atoms with Gasteiger partial charge in [0.2, 0.25) is 15.9 Å². The van der Waals surface area contributed by atoms with Gasteiger partial charge in [-0.15, -0.1) is 12.4 Å². The van der Waals surface area contributed by atoms with Gasteiger partial charge in [0.05, 0.1) is 11.3 Å². The van der Waals surface area contributed by atoms with Crippen molar-refractivity contribution in [3.05, 3.63) is 0 Å². The second-order valence-electron chi connectivity index (χ2n) is 6.08. The number of hydrogen-bond donors (Lipinski definition) is 2. The predicted molar refractivity (Wildman–Crippen MR) is 83.0 cm³/mol. The number of carbonyl (C=O) groups is 1. The first-order valence-electron chi connectivity index (χ1n) is 7.60. The summed E-state index contributed by atoms with van der Waals surface area (Å²) in [5.74, 6) is 0.0750. The van der Waals surface area contributed by atoms with Crippen LogP contribution in [0.3, 0.4) is 0 Å². The van der Waals surface area contributed by atoms with Crippen LogP contribution >= 0.6 is 12.4 Å². The van der Waals surface area contributed by atoms with Crippen molar-refractivity contribution in [2.45, 2.75) is 55.9 Å². The summed E-state index contributed by atoms with van der Waals surface area (Å²) in [5, 5.41) is 6.11. The van der Waals surface area contributed by atoms with Crippen LogP contribution in [-0.4, -0.2) is 55.6 Å². The van der Waals surface area contributed by atoms with E-state index < -0.39 is 10.0 Å². The van der Waals surface area contributed by atoms with Gasteiger partial charge < -0.3 is 10.6 Å². The number of amides is 1. The molecule has 0 aromatic rings. The molecule has 8 heteroatoms. The number of rotatable bonds is 4. The average molecular weight is 338 g/mol.